The number of aliphatic hydroxyl groups is 7. The number of aliphatic imine (C=N–C) groups is 2. The number of aromatic nitrogens is 1. The zero-order valence-corrected chi connectivity index (χ0v) is 24.3. The van der Waals surface area contributed by atoms with Crippen molar-refractivity contribution in [1.29, 1.82) is 0 Å². The predicted octanol–water partition coefficient (Wildman–Crippen LogP) is -5.51. The lowest BCUT2D eigenvalue weighted by Gasteiger charge is -2.45. The van der Waals surface area contributed by atoms with Crippen molar-refractivity contribution in [2.24, 2.45) is 26.6 Å². The van der Waals surface area contributed by atoms with Gasteiger partial charge in [-0.2, -0.15) is 25.2 Å². The molecule has 1 aromatic heterocycles. The second-order valence-electron chi connectivity index (χ2n) is 9.21. The highest BCUT2D eigenvalue weighted by Crippen LogP contribution is 2.30. The van der Waals surface area contributed by atoms with E-state index in [9.17, 15) is 44.2 Å². The molecule has 1 aromatic rings. The van der Waals surface area contributed by atoms with Crippen LogP contribution in [0.5, 0.6) is 0 Å². The molecular formula is C20H35N7O12S3. The van der Waals surface area contributed by atoms with Gasteiger partial charge in [-0.3, -0.25) is 4.72 Å². The molecule has 42 heavy (non-hydrogen) atoms. The van der Waals surface area contributed by atoms with Gasteiger partial charge in [0, 0.05) is 23.3 Å². The van der Waals surface area contributed by atoms with Crippen molar-refractivity contribution < 1.29 is 58.4 Å². The van der Waals surface area contributed by atoms with E-state index in [1.165, 1.54) is 23.1 Å². The van der Waals surface area contributed by atoms with Crippen LogP contribution in [0.1, 0.15) is 12.1 Å². The summed E-state index contributed by atoms with van der Waals surface area (Å²) in [6.07, 6.45) is -16.5. The minimum absolute atomic E-state index is 0.0107. The Bertz CT molecular complexity index is 1180. The summed E-state index contributed by atoms with van der Waals surface area (Å²) in [6, 6.07) is 0. The van der Waals surface area contributed by atoms with Gasteiger partial charge < -0.3 is 61.4 Å². The van der Waals surface area contributed by atoms with Crippen LogP contribution in [0.2, 0.25) is 0 Å². The van der Waals surface area contributed by atoms with Crippen LogP contribution in [-0.4, -0.2) is 141 Å². The molecule has 2 fully saturated rings. The van der Waals surface area contributed by atoms with Gasteiger partial charge in [0.1, 0.15) is 54.7 Å². The zero-order valence-electron chi connectivity index (χ0n) is 21.9. The van der Waals surface area contributed by atoms with Crippen LogP contribution in [-0.2, 0) is 30.2 Å². The van der Waals surface area contributed by atoms with E-state index in [4.69, 9.17) is 30.8 Å². The van der Waals surface area contributed by atoms with E-state index < -0.39 is 84.8 Å². The Balaban J connectivity index is 1.68. The highest BCUT2D eigenvalue weighted by molar-refractivity contribution is 7.98. The van der Waals surface area contributed by atoms with Gasteiger partial charge in [0.15, 0.2) is 18.5 Å². The van der Waals surface area contributed by atoms with E-state index in [0.717, 1.165) is 0 Å². The molecule has 22 heteroatoms. The highest BCUT2D eigenvalue weighted by Gasteiger charge is 2.50. The van der Waals surface area contributed by atoms with Crippen molar-refractivity contribution in [3.63, 3.8) is 0 Å². The molecule has 3 rings (SSSR count). The number of guanidine groups is 1. The average molecular weight is 662 g/mol. The smallest absolute Gasteiger partial charge is 0.297 e. The van der Waals surface area contributed by atoms with E-state index in [1.54, 1.807) is 5.38 Å². The lowest BCUT2D eigenvalue weighted by Crippen LogP contribution is -2.64. The van der Waals surface area contributed by atoms with Gasteiger partial charge in [-0.05, 0) is 0 Å². The fourth-order valence-electron chi connectivity index (χ4n) is 4.01. The molecule has 14 N–H and O–H groups in total. The van der Waals surface area contributed by atoms with E-state index in [0.29, 0.717) is 22.3 Å². The van der Waals surface area contributed by atoms with Gasteiger partial charge >= 0.3 is 0 Å². The fourth-order valence-corrected chi connectivity index (χ4v) is 6.14. The molecule has 0 aliphatic carbocycles. The third-order valence-corrected chi connectivity index (χ3v) is 8.32. The van der Waals surface area contributed by atoms with Crippen LogP contribution in [0.4, 0.5) is 5.13 Å². The standard InChI is InChI=1S/C20H35N7O12S3/c21-19(22)26-20-24-7(6-41-20)5-40-2-1-10(27-42(23,35)36)25-17-14(33)13(32)16(9(4-29)37-17)39-18-15(34)12(31)11(30)8(3-28)38-18/h6,8-9,11-18,28-34H,1-5H2,(H,25,27)(H2,23,35,36)(H4,21,22,24,26)/t8-,9-,11+,12+,13-,14-,15-,16-,17?,18+/m1/s1. The monoisotopic (exact) mass is 661 g/mol. The maximum Gasteiger partial charge on any atom is 0.297 e. The summed E-state index contributed by atoms with van der Waals surface area (Å²) in [5, 5.41) is 78.1. The lowest BCUT2D eigenvalue weighted by molar-refractivity contribution is -0.341. The van der Waals surface area contributed by atoms with Gasteiger partial charge in [0.2, 0.25) is 5.13 Å². The van der Waals surface area contributed by atoms with Crippen molar-refractivity contribution >= 4 is 50.2 Å². The van der Waals surface area contributed by atoms with E-state index in [2.05, 4.69) is 15.0 Å². The summed E-state index contributed by atoms with van der Waals surface area (Å²) in [4.78, 5) is 12.1. The molecule has 2 saturated heterocycles. The normalized spacial score (nSPS) is 34.2. The highest BCUT2D eigenvalue weighted by atomic mass is 32.2. The van der Waals surface area contributed by atoms with Crippen molar-refractivity contribution in [3.8, 4) is 0 Å². The molecule has 0 amide bonds. The summed E-state index contributed by atoms with van der Waals surface area (Å²) < 4.78 is 41.8. The van der Waals surface area contributed by atoms with Crippen LogP contribution in [0.15, 0.2) is 15.4 Å². The number of rotatable bonds is 12. The third-order valence-electron chi connectivity index (χ3n) is 6.02. The van der Waals surface area contributed by atoms with E-state index in [-0.39, 0.29) is 18.2 Å². The van der Waals surface area contributed by atoms with Crippen LogP contribution >= 0.6 is 23.1 Å². The first-order chi connectivity index (χ1) is 19.7. The zero-order chi connectivity index (χ0) is 31.2. The third kappa shape index (κ3) is 9.36. The Hall–Kier alpha value is -1.77. The number of nitrogens with one attached hydrogen (secondary N) is 1. The molecule has 19 nitrogen and oxygen atoms in total. The quantitative estimate of drug-likeness (QED) is 0.0565. The van der Waals surface area contributed by atoms with Crippen molar-refractivity contribution in [2.45, 2.75) is 73.5 Å². The summed E-state index contributed by atoms with van der Waals surface area (Å²) >= 11 is 2.58. The van der Waals surface area contributed by atoms with Crippen molar-refractivity contribution in [2.75, 3.05) is 19.0 Å². The largest absolute Gasteiger partial charge is 0.394 e. The Morgan fingerprint density at radius 3 is 2.36 bits per heavy atom. The second kappa shape index (κ2) is 15.3. The van der Waals surface area contributed by atoms with Crippen LogP contribution in [0.25, 0.3) is 0 Å². The molecule has 0 bridgehead atoms. The Morgan fingerprint density at radius 1 is 1.05 bits per heavy atom. The van der Waals surface area contributed by atoms with E-state index >= 15 is 0 Å². The summed E-state index contributed by atoms with van der Waals surface area (Å²) in [7, 11) is -4.30. The minimum atomic E-state index is -4.30. The molecule has 2 aliphatic rings. The number of nitrogens with two attached hydrogens (primary N) is 3. The molecule has 0 spiro atoms. The topological polar surface area (TPSA) is 331 Å². The molecule has 0 aromatic carbocycles. The maximum atomic E-state index is 11.7. The Kier molecular flexibility index (Phi) is 12.6. The molecule has 1 unspecified atom stereocenters. The van der Waals surface area contributed by atoms with E-state index in [1.807, 2.05) is 4.72 Å². The first-order valence-corrected chi connectivity index (χ1v) is 15.9. The van der Waals surface area contributed by atoms with Gasteiger partial charge in [0.25, 0.3) is 10.2 Å². The SMILES string of the molecule is NC(N)=Nc1nc(CSCCC(=NC2O[C@H](CO)[C@@H](O[C@@H]3O[C@H](CO)[C@H](O)[C@H](O)[C@H]3O)[C@H](O)[C@H]2O)NS(N)(=O)=O)cs1. The summed E-state index contributed by atoms with van der Waals surface area (Å²) in [5.74, 6) is 0.370. The number of aliphatic hydroxyl groups excluding tert-OH is 7. The number of ether oxygens (including phenoxy) is 3. The number of thiazole rings is 1. The first kappa shape index (κ1) is 34.7. The van der Waals surface area contributed by atoms with Crippen LogP contribution in [0.3, 0.4) is 0 Å². The van der Waals surface area contributed by atoms with Crippen LogP contribution < -0.4 is 21.3 Å². The lowest BCUT2D eigenvalue weighted by atomic mass is 9.96. The number of hydrogen-bond donors (Lipinski definition) is 11. The van der Waals surface area contributed by atoms with Gasteiger partial charge in [-0.25, -0.2) is 15.1 Å². The number of amidine groups is 1. The minimum Gasteiger partial charge on any atom is -0.394 e. The Morgan fingerprint density at radius 2 is 1.74 bits per heavy atom. The fraction of sp³-hybridized carbons (Fsp3) is 0.750. The second-order valence-corrected chi connectivity index (χ2v) is 12.4. The molecule has 10 atom stereocenters. The summed E-state index contributed by atoms with van der Waals surface area (Å²) in [5.41, 5.74) is 11.3. The predicted molar refractivity (Wildman–Crippen MR) is 148 cm³/mol. The van der Waals surface area contributed by atoms with Gasteiger partial charge in [0.05, 0.1) is 18.9 Å². The molecular weight excluding hydrogens is 626 g/mol. The van der Waals surface area contributed by atoms with Crippen molar-refractivity contribution in [3.05, 3.63) is 11.1 Å². The number of nitrogens with zero attached hydrogens (tertiary/aromatic N) is 3. The molecule has 2 aliphatic heterocycles. The molecule has 240 valence electrons. The maximum absolute atomic E-state index is 11.7. The first-order valence-electron chi connectivity index (χ1n) is 12.3. The summed E-state index contributed by atoms with van der Waals surface area (Å²) in [6.45, 7) is -1.53. The molecule has 0 radical (unpaired) electrons. The average Bonchev–Trinajstić information content (AvgIpc) is 3.36. The molecule has 3 heterocycles. The van der Waals surface area contributed by atoms with Crippen LogP contribution in [0, 0.1) is 0 Å². The number of thioether (sulfide) groups is 1. The number of hydrogen-bond acceptors (Lipinski definition) is 17. The van der Waals surface area contributed by atoms with Gasteiger partial charge in [-0.15, -0.1) is 11.3 Å². The van der Waals surface area contributed by atoms with Crippen molar-refractivity contribution in [1.82, 2.24) is 9.71 Å². The molecule has 0 saturated carbocycles. The van der Waals surface area contributed by atoms with Gasteiger partial charge in [-0.1, -0.05) is 0 Å². The Labute approximate surface area is 248 Å².